The van der Waals surface area contributed by atoms with E-state index in [1.807, 2.05) is 4.90 Å². The second-order valence-electron chi connectivity index (χ2n) is 7.63. The number of piperazine rings is 1. The molecule has 2 aliphatic rings. The van der Waals surface area contributed by atoms with E-state index in [4.69, 9.17) is 0 Å². The van der Waals surface area contributed by atoms with Crippen molar-refractivity contribution in [1.82, 2.24) is 9.80 Å². The first-order valence-electron chi connectivity index (χ1n) is 10.2. The van der Waals surface area contributed by atoms with E-state index in [0.29, 0.717) is 37.4 Å². The van der Waals surface area contributed by atoms with Crippen molar-refractivity contribution in [2.24, 2.45) is 0 Å². The molecule has 9 heteroatoms. The zero-order chi connectivity index (χ0) is 22.8. The number of imide groups is 1. The van der Waals surface area contributed by atoms with Gasteiger partial charge >= 0.3 is 5.97 Å². The predicted molar refractivity (Wildman–Crippen MR) is 113 cm³/mol. The molecular weight excluding hydrogens is 417 g/mol. The van der Waals surface area contributed by atoms with Crippen molar-refractivity contribution >= 4 is 29.4 Å². The molecule has 2 heterocycles. The number of amides is 3. The average molecular weight is 439 g/mol. The molecule has 32 heavy (non-hydrogen) atoms. The fourth-order valence-corrected chi connectivity index (χ4v) is 4.08. The molecule has 3 amide bonds. The number of esters is 1. The van der Waals surface area contributed by atoms with E-state index in [0.717, 1.165) is 4.90 Å². The molecule has 2 aromatic rings. The van der Waals surface area contributed by atoms with Crippen LogP contribution in [0, 0.1) is 5.82 Å². The van der Waals surface area contributed by atoms with Crippen molar-refractivity contribution in [1.29, 1.82) is 0 Å². The number of methoxy groups -OCH3 is 1. The van der Waals surface area contributed by atoms with Crippen LogP contribution in [-0.2, 0) is 14.3 Å². The third kappa shape index (κ3) is 3.99. The predicted octanol–water partition coefficient (Wildman–Crippen LogP) is 1.70. The number of rotatable bonds is 4. The van der Waals surface area contributed by atoms with Gasteiger partial charge in [-0.3, -0.25) is 19.3 Å². The molecule has 0 spiro atoms. The van der Waals surface area contributed by atoms with Crippen molar-refractivity contribution < 1.29 is 28.3 Å². The maximum Gasteiger partial charge on any atom is 0.337 e. The second-order valence-corrected chi connectivity index (χ2v) is 7.63. The maximum absolute atomic E-state index is 13.9. The highest BCUT2D eigenvalue weighted by Crippen LogP contribution is 2.27. The van der Waals surface area contributed by atoms with Gasteiger partial charge in [0.25, 0.3) is 11.8 Å². The van der Waals surface area contributed by atoms with Crippen LogP contribution in [0.5, 0.6) is 0 Å². The van der Waals surface area contributed by atoms with Crippen LogP contribution in [0.1, 0.15) is 27.1 Å². The minimum atomic E-state index is -0.617. The topological polar surface area (TPSA) is 87.2 Å². The Hall–Kier alpha value is -3.59. The molecule has 2 saturated heterocycles. The summed E-state index contributed by atoms with van der Waals surface area (Å²) in [4.78, 5) is 54.4. The molecule has 0 unspecified atom stereocenters. The SMILES string of the molecule is COC(=O)c1ccc(N2C(=O)C[C@@H](N3CCN(C(=O)c4ccccc4F)CC3)C2=O)cc1. The highest BCUT2D eigenvalue weighted by Gasteiger charge is 2.43. The number of carbonyl (C=O) groups excluding carboxylic acids is 4. The molecule has 2 aromatic carbocycles. The highest BCUT2D eigenvalue weighted by atomic mass is 19.1. The summed E-state index contributed by atoms with van der Waals surface area (Å²) in [6.45, 7) is 1.47. The van der Waals surface area contributed by atoms with E-state index >= 15 is 0 Å². The van der Waals surface area contributed by atoms with Gasteiger partial charge in [-0.25, -0.2) is 14.1 Å². The molecule has 0 aliphatic carbocycles. The smallest absolute Gasteiger partial charge is 0.337 e. The lowest BCUT2D eigenvalue weighted by atomic mass is 10.1. The maximum atomic E-state index is 13.9. The van der Waals surface area contributed by atoms with Crippen LogP contribution in [0.2, 0.25) is 0 Å². The Bertz CT molecular complexity index is 1060. The van der Waals surface area contributed by atoms with E-state index in [1.54, 1.807) is 11.0 Å². The van der Waals surface area contributed by atoms with Crippen LogP contribution in [0.25, 0.3) is 0 Å². The van der Waals surface area contributed by atoms with Gasteiger partial charge in [0.1, 0.15) is 5.82 Å². The van der Waals surface area contributed by atoms with E-state index < -0.39 is 17.8 Å². The Kier molecular flexibility index (Phi) is 6.00. The molecule has 166 valence electrons. The van der Waals surface area contributed by atoms with Gasteiger partial charge in [-0.15, -0.1) is 0 Å². The number of anilines is 1. The first kappa shape index (κ1) is 21.6. The van der Waals surface area contributed by atoms with Crippen LogP contribution in [0.4, 0.5) is 10.1 Å². The number of nitrogens with zero attached hydrogens (tertiary/aromatic N) is 3. The molecule has 8 nitrogen and oxygen atoms in total. The molecule has 0 bridgehead atoms. The largest absolute Gasteiger partial charge is 0.465 e. The number of carbonyl (C=O) groups is 4. The lowest BCUT2D eigenvalue weighted by Crippen LogP contribution is -2.54. The molecule has 0 aromatic heterocycles. The van der Waals surface area contributed by atoms with Crippen molar-refractivity contribution in [2.45, 2.75) is 12.5 Å². The van der Waals surface area contributed by atoms with Gasteiger partial charge in [0, 0.05) is 26.2 Å². The van der Waals surface area contributed by atoms with Crippen LogP contribution in [0.3, 0.4) is 0 Å². The minimum Gasteiger partial charge on any atom is -0.465 e. The summed E-state index contributed by atoms with van der Waals surface area (Å²) in [5, 5.41) is 0. The normalized spacial score (nSPS) is 19.4. The number of hydrogen-bond donors (Lipinski definition) is 0. The van der Waals surface area contributed by atoms with E-state index in [1.165, 1.54) is 49.6 Å². The Labute approximate surface area is 184 Å². The number of ether oxygens (including phenoxy) is 1. The van der Waals surface area contributed by atoms with Gasteiger partial charge in [-0.05, 0) is 36.4 Å². The lowest BCUT2D eigenvalue weighted by Gasteiger charge is -2.37. The number of benzene rings is 2. The monoisotopic (exact) mass is 439 g/mol. The fourth-order valence-electron chi connectivity index (χ4n) is 4.08. The summed E-state index contributed by atoms with van der Waals surface area (Å²) in [6, 6.07) is 11.3. The zero-order valence-corrected chi connectivity index (χ0v) is 17.5. The van der Waals surface area contributed by atoms with E-state index in [-0.39, 0.29) is 29.7 Å². The quantitative estimate of drug-likeness (QED) is 0.533. The van der Waals surface area contributed by atoms with Crippen LogP contribution in [0.15, 0.2) is 48.5 Å². The number of halogens is 1. The molecule has 4 rings (SSSR count). The zero-order valence-electron chi connectivity index (χ0n) is 17.5. The van der Waals surface area contributed by atoms with Gasteiger partial charge in [0.15, 0.2) is 0 Å². The molecule has 0 radical (unpaired) electrons. The fraction of sp³-hybridized carbons (Fsp3) is 0.304. The first-order valence-corrected chi connectivity index (χ1v) is 10.2. The minimum absolute atomic E-state index is 0.0228. The Morgan fingerprint density at radius 3 is 2.25 bits per heavy atom. The summed E-state index contributed by atoms with van der Waals surface area (Å²) >= 11 is 0. The molecule has 1 atom stereocenters. The van der Waals surface area contributed by atoms with Crippen LogP contribution < -0.4 is 4.90 Å². The summed E-state index contributed by atoms with van der Waals surface area (Å²) < 4.78 is 18.6. The molecular formula is C23H22FN3O5. The summed E-state index contributed by atoms with van der Waals surface area (Å²) in [5.74, 6) is -2.11. The molecule has 2 aliphatic heterocycles. The van der Waals surface area contributed by atoms with Gasteiger partial charge < -0.3 is 9.64 Å². The summed E-state index contributed by atoms with van der Waals surface area (Å²) in [6.07, 6.45) is 0.0405. The number of hydrogen-bond acceptors (Lipinski definition) is 6. The Morgan fingerprint density at radius 1 is 0.969 bits per heavy atom. The molecule has 0 N–H and O–H groups in total. The summed E-state index contributed by atoms with van der Waals surface area (Å²) in [7, 11) is 1.28. The van der Waals surface area contributed by atoms with Crippen molar-refractivity contribution in [3.05, 3.63) is 65.5 Å². The lowest BCUT2D eigenvalue weighted by molar-refractivity contribution is -0.123. The van der Waals surface area contributed by atoms with Crippen molar-refractivity contribution in [3.63, 3.8) is 0 Å². The summed E-state index contributed by atoms with van der Waals surface area (Å²) in [5.41, 5.74) is 0.737. The van der Waals surface area contributed by atoms with Crippen molar-refractivity contribution in [2.75, 3.05) is 38.2 Å². The standard InChI is InChI=1S/C23H22FN3O5/c1-32-23(31)15-6-8-16(9-7-15)27-20(28)14-19(22(27)30)25-10-12-26(13-11-25)21(29)17-4-2-3-5-18(17)24/h2-9,19H,10-14H2,1H3/t19-/m1/s1. The van der Waals surface area contributed by atoms with E-state index in [2.05, 4.69) is 4.74 Å². The first-order chi connectivity index (χ1) is 15.4. The molecule has 2 fully saturated rings. The van der Waals surface area contributed by atoms with Gasteiger partial charge in [-0.1, -0.05) is 12.1 Å². The van der Waals surface area contributed by atoms with Crippen LogP contribution >= 0.6 is 0 Å². The average Bonchev–Trinajstić information content (AvgIpc) is 3.12. The Balaban J connectivity index is 1.41. The third-order valence-corrected chi connectivity index (χ3v) is 5.82. The molecule has 0 saturated carbocycles. The van der Waals surface area contributed by atoms with Gasteiger partial charge in [0.05, 0.1) is 36.4 Å². The third-order valence-electron chi connectivity index (χ3n) is 5.82. The highest BCUT2D eigenvalue weighted by molar-refractivity contribution is 6.22. The second kappa shape index (κ2) is 8.88. The van der Waals surface area contributed by atoms with Gasteiger partial charge in [0.2, 0.25) is 5.91 Å². The van der Waals surface area contributed by atoms with Crippen molar-refractivity contribution in [3.8, 4) is 0 Å². The Morgan fingerprint density at radius 2 is 1.62 bits per heavy atom. The van der Waals surface area contributed by atoms with E-state index in [9.17, 15) is 23.6 Å². The van der Waals surface area contributed by atoms with Crippen LogP contribution in [-0.4, -0.2) is 72.8 Å². The van der Waals surface area contributed by atoms with Gasteiger partial charge in [-0.2, -0.15) is 0 Å².